The molecule has 0 radical (unpaired) electrons. The van der Waals surface area contributed by atoms with Crippen LogP contribution in [0, 0.1) is 10.1 Å². The van der Waals surface area contributed by atoms with Crippen molar-refractivity contribution in [3.05, 3.63) is 33.9 Å². The summed E-state index contributed by atoms with van der Waals surface area (Å²) in [6.07, 6.45) is 1.56. The number of nitro benzene ring substituents is 1. The Kier molecular flexibility index (Phi) is 4.99. The first-order chi connectivity index (χ1) is 8.82. The van der Waals surface area contributed by atoms with Gasteiger partial charge in [-0.2, -0.15) is 0 Å². The van der Waals surface area contributed by atoms with Crippen LogP contribution in [0.15, 0.2) is 18.2 Å². The fourth-order valence-corrected chi connectivity index (χ4v) is 1.68. The van der Waals surface area contributed by atoms with Crippen LogP contribution in [0.4, 0.5) is 11.4 Å². The van der Waals surface area contributed by atoms with Crippen molar-refractivity contribution in [1.82, 2.24) is 0 Å². The van der Waals surface area contributed by atoms with Crippen LogP contribution in [0.2, 0.25) is 0 Å². The van der Waals surface area contributed by atoms with E-state index in [4.69, 9.17) is 5.73 Å². The fourth-order valence-electron chi connectivity index (χ4n) is 1.36. The second-order valence-corrected chi connectivity index (χ2v) is 5.85. The molecule has 8 heteroatoms. The fraction of sp³-hybridized carbons (Fsp3) is 0.364. The topological polar surface area (TPSA) is 115 Å². The minimum atomic E-state index is -1.04. The van der Waals surface area contributed by atoms with Gasteiger partial charge in [0.1, 0.15) is 5.69 Å². The molecule has 2 unspecified atom stereocenters. The molecule has 0 saturated carbocycles. The van der Waals surface area contributed by atoms with Gasteiger partial charge >= 0.3 is 0 Å². The molecule has 0 saturated heterocycles. The third-order valence-corrected chi connectivity index (χ3v) is 3.92. The molecule has 0 heterocycles. The third-order valence-electron chi connectivity index (χ3n) is 2.62. The van der Waals surface area contributed by atoms with E-state index in [2.05, 4.69) is 5.32 Å². The molecule has 19 heavy (non-hydrogen) atoms. The average Bonchev–Trinajstić information content (AvgIpc) is 2.34. The van der Waals surface area contributed by atoms with E-state index in [0.29, 0.717) is 6.54 Å². The number of benzene rings is 1. The Morgan fingerprint density at radius 1 is 1.58 bits per heavy atom. The molecule has 0 aliphatic rings. The lowest BCUT2D eigenvalue weighted by atomic mass is 10.1. The normalized spacial score (nSPS) is 13.6. The Morgan fingerprint density at radius 2 is 2.21 bits per heavy atom. The van der Waals surface area contributed by atoms with Crippen LogP contribution in [0.3, 0.4) is 0 Å². The highest BCUT2D eigenvalue weighted by Crippen LogP contribution is 2.25. The number of nitro groups is 1. The van der Waals surface area contributed by atoms with Crippen molar-refractivity contribution in [1.29, 1.82) is 0 Å². The summed E-state index contributed by atoms with van der Waals surface area (Å²) in [6, 6.07) is 3.84. The van der Waals surface area contributed by atoms with Crippen molar-refractivity contribution in [2.75, 3.05) is 18.1 Å². The largest absolute Gasteiger partial charge is 0.378 e. The van der Waals surface area contributed by atoms with E-state index in [1.165, 1.54) is 18.2 Å². The van der Waals surface area contributed by atoms with Gasteiger partial charge in [0, 0.05) is 40.5 Å². The molecule has 0 aliphatic carbocycles. The number of primary amides is 1. The highest BCUT2D eigenvalue weighted by atomic mass is 32.2. The number of nitrogens with zero attached hydrogens (tertiary/aromatic N) is 1. The number of carbonyl (C=O) groups is 1. The minimum absolute atomic E-state index is 0.154. The van der Waals surface area contributed by atoms with Crippen molar-refractivity contribution >= 4 is 28.1 Å². The van der Waals surface area contributed by atoms with Crippen LogP contribution in [0.5, 0.6) is 0 Å². The highest BCUT2D eigenvalue weighted by Gasteiger charge is 2.17. The molecule has 1 aromatic carbocycles. The summed E-state index contributed by atoms with van der Waals surface area (Å²) in [5, 5.41) is 13.5. The van der Waals surface area contributed by atoms with E-state index in [9.17, 15) is 19.1 Å². The van der Waals surface area contributed by atoms with Gasteiger partial charge in [0.2, 0.25) is 5.91 Å². The van der Waals surface area contributed by atoms with E-state index in [1.54, 1.807) is 13.2 Å². The molecule has 1 aromatic rings. The number of hydrogen-bond acceptors (Lipinski definition) is 5. The maximum absolute atomic E-state index is 11.2. The molecule has 0 bridgehead atoms. The van der Waals surface area contributed by atoms with Gasteiger partial charge in [-0.3, -0.25) is 19.1 Å². The zero-order chi connectivity index (χ0) is 14.6. The van der Waals surface area contributed by atoms with Gasteiger partial charge < -0.3 is 11.1 Å². The summed E-state index contributed by atoms with van der Waals surface area (Å²) in [7, 11) is -1.04. The van der Waals surface area contributed by atoms with Gasteiger partial charge in [-0.15, -0.1) is 0 Å². The minimum Gasteiger partial charge on any atom is -0.378 e. The predicted molar refractivity (Wildman–Crippen MR) is 73.6 cm³/mol. The lowest BCUT2D eigenvalue weighted by Gasteiger charge is -2.12. The first kappa shape index (κ1) is 15.1. The zero-order valence-electron chi connectivity index (χ0n) is 10.6. The quantitative estimate of drug-likeness (QED) is 0.594. The Bertz CT molecular complexity index is 533. The van der Waals surface area contributed by atoms with Crippen LogP contribution < -0.4 is 11.1 Å². The van der Waals surface area contributed by atoms with Crippen molar-refractivity contribution in [3.63, 3.8) is 0 Å². The number of carbonyl (C=O) groups excluding carboxylic acids is 1. The van der Waals surface area contributed by atoms with Crippen molar-refractivity contribution in [2.45, 2.75) is 12.2 Å². The van der Waals surface area contributed by atoms with Crippen LogP contribution >= 0.6 is 0 Å². The Labute approximate surface area is 112 Å². The van der Waals surface area contributed by atoms with E-state index in [0.717, 1.165) is 0 Å². The van der Waals surface area contributed by atoms with Crippen LogP contribution in [-0.2, 0) is 10.8 Å². The molecule has 104 valence electrons. The molecule has 1 amide bonds. The zero-order valence-corrected chi connectivity index (χ0v) is 11.4. The SMILES string of the molecule is CC(CNc1cc(C(N)=O)ccc1[N+](=O)[O-])S(C)=O. The van der Waals surface area contributed by atoms with E-state index in [1.807, 2.05) is 0 Å². The Morgan fingerprint density at radius 3 is 2.68 bits per heavy atom. The molecular weight excluding hydrogens is 270 g/mol. The lowest BCUT2D eigenvalue weighted by molar-refractivity contribution is -0.384. The standard InChI is InChI=1S/C11H15N3O4S/c1-7(19(2)18)6-13-9-5-8(11(12)15)3-4-10(9)14(16)17/h3-5,7,13H,6H2,1-2H3,(H2,12,15). The molecule has 0 aromatic heterocycles. The summed E-state index contributed by atoms with van der Waals surface area (Å²) in [4.78, 5) is 21.4. The van der Waals surface area contributed by atoms with Gasteiger partial charge in [-0.1, -0.05) is 0 Å². The summed E-state index contributed by atoms with van der Waals surface area (Å²) < 4.78 is 11.2. The number of nitrogens with two attached hydrogens (primary N) is 1. The first-order valence-corrected chi connectivity index (χ1v) is 7.09. The van der Waals surface area contributed by atoms with Crippen LogP contribution in [0.1, 0.15) is 17.3 Å². The molecule has 1 rings (SSSR count). The summed E-state index contributed by atoms with van der Waals surface area (Å²) >= 11 is 0. The van der Waals surface area contributed by atoms with E-state index < -0.39 is 21.6 Å². The van der Waals surface area contributed by atoms with E-state index >= 15 is 0 Å². The number of anilines is 1. The molecule has 0 spiro atoms. The van der Waals surface area contributed by atoms with Gasteiger partial charge in [-0.05, 0) is 19.1 Å². The van der Waals surface area contributed by atoms with Crippen LogP contribution in [-0.4, -0.2) is 33.1 Å². The van der Waals surface area contributed by atoms with Crippen molar-refractivity contribution < 1.29 is 13.9 Å². The first-order valence-electron chi connectivity index (χ1n) is 5.47. The second kappa shape index (κ2) is 6.28. The van der Waals surface area contributed by atoms with Gasteiger partial charge in [0.15, 0.2) is 0 Å². The number of hydrogen-bond donors (Lipinski definition) is 2. The summed E-state index contributed by atoms with van der Waals surface area (Å²) in [6.45, 7) is 2.05. The molecule has 0 fully saturated rings. The second-order valence-electron chi connectivity index (χ2n) is 4.04. The highest BCUT2D eigenvalue weighted by molar-refractivity contribution is 7.84. The molecular formula is C11H15N3O4S. The van der Waals surface area contributed by atoms with Gasteiger partial charge in [0.05, 0.1) is 4.92 Å². The van der Waals surface area contributed by atoms with Crippen molar-refractivity contribution in [3.8, 4) is 0 Å². The third kappa shape index (κ3) is 4.02. The molecule has 7 nitrogen and oxygen atoms in total. The van der Waals surface area contributed by atoms with Crippen LogP contribution in [0.25, 0.3) is 0 Å². The lowest BCUT2D eigenvalue weighted by Crippen LogP contribution is -2.21. The smallest absolute Gasteiger partial charge is 0.292 e. The molecule has 3 N–H and O–H groups in total. The van der Waals surface area contributed by atoms with Gasteiger partial charge in [-0.25, -0.2) is 0 Å². The van der Waals surface area contributed by atoms with Gasteiger partial charge in [0.25, 0.3) is 5.69 Å². The van der Waals surface area contributed by atoms with E-state index in [-0.39, 0.29) is 22.2 Å². The Hall–Kier alpha value is -1.96. The number of rotatable bonds is 6. The Balaban J connectivity index is 3.01. The van der Waals surface area contributed by atoms with Crippen molar-refractivity contribution in [2.24, 2.45) is 5.73 Å². The predicted octanol–water partition coefficient (Wildman–Crippen LogP) is 0.873. The monoisotopic (exact) mass is 285 g/mol. The molecule has 0 aliphatic heterocycles. The number of nitrogens with one attached hydrogen (secondary N) is 1. The average molecular weight is 285 g/mol. The number of amides is 1. The molecule has 2 atom stereocenters. The summed E-state index contributed by atoms with van der Waals surface area (Å²) in [5.74, 6) is -0.662. The maximum Gasteiger partial charge on any atom is 0.292 e. The summed E-state index contributed by atoms with van der Waals surface area (Å²) in [5.41, 5.74) is 5.35. The maximum atomic E-state index is 11.2.